The minimum Gasteiger partial charge on any atom is -0.293 e. The van der Waals surface area contributed by atoms with E-state index in [2.05, 4.69) is 0 Å². The molecule has 0 saturated carbocycles. The normalized spacial score (nSPS) is 21.5. The van der Waals surface area contributed by atoms with E-state index in [1.54, 1.807) is 24.3 Å². The minimum atomic E-state index is -1.68. The SMILES string of the molecule is O=C1c2ccccc2C(=Nc2ccc(Cl)cc2)C1(c1ccccc1)C1(c2ccccc2)C(=O)c2ccccc2C1=Nc1ccc(Cl)cc1. The van der Waals surface area contributed by atoms with E-state index in [-0.39, 0.29) is 11.6 Å². The van der Waals surface area contributed by atoms with Crippen LogP contribution in [0.5, 0.6) is 0 Å². The van der Waals surface area contributed by atoms with E-state index in [4.69, 9.17) is 33.2 Å². The number of carbonyl (C=O) groups is 2. The zero-order valence-electron chi connectivity index (χ0n) is 25.5. The molecule has 0 heterocycles. The van der Waals surface area contributed by atoms with Crippen molar-refractivity contribution in [2.45, 2.75) is 10.8 Å². The summed E-state index contributed by atoms with van der Waals surface area (Å²) in [5, 5.41) is 1.13. The average Bonchev–Trinajstić information content (AvgIpc) is 3.53. The Bertz CT molecular complexity index is 2120. The van der Waals surface area contributed by atoms with Crippen LogP contribution in [0.3, 0.4) is 0 Å². The number of aliphatic imine (C=N–C) groups is 2. The second kappa shape index (κ2) is 11.7. The van der Waals surface area contributed by atoms with Gasteiger partial charge in [-0.1, -0.05) is 132 Å². The zero-order valence-corrected chi connectivity index (χ0v) is 27.0. The fraction of sp³-hybridized carbons (Fsp3) is 0.0476. The van der Waals surface area contributed by atoms with Gasteiger partial charge in [0.1, 0.15) is 10.8 Å². The van der Waals surface area contributed by atoms with E-state index >= 15 is 9.59 Å². The predicted octanol–water partition coefficient (Wildman–Crippen LogP) is 10.2. The van der Waals surface area contributed by atoms with Gasteiger partial charge in [-0.25, -0.2) is 0 Å². The Hall–Kier alpha value is -5.42. The summed E-state index contributed by atoms with van der Waals surface area (Å²) < 4.78 is 0. The van der Waals surface area contributed by atoms with Crippen molar-refractivity contribution in [3.05, 3.63) is 201 Å². The van der Waals surface area contributed by atoms with Crippen molar-refractivity contribution in [2.24, 2.45) is 9.98 Å². The van der Waals surface area contributed by atoms with Gasteiger partial charge in [-0.2, -0.15) is 0 Å². The summed E-state index contributed by atoms with van der Waals surface area (Å²) in [6.45, 7) is 0. The number of hydrogen-bond donors (Lipinski definition) is 0. The van der Waals surface area contributed by atoms with E-state index in [0.717, 1.165) is 0 Å². The molecule has 2 aliphatic carbocycles. The van der Waals surface area contributed by atoms with Crippen LogP contribution in [0.4, 0.5) is 11.4 Å². The summed E-state index contributed by atoms with van der Waals surface area (Å²) in [6.07, 6.45) is 0. The first-order valence-electron chi connectivity index (χ1n) is 15.5. The molecule has 6 heteroatoms. The zero-order chi connectivity index (χ0) is 32.9. The summed E-state index contributed by atoms with van der Waals surface area (Å²) in [5.41, 5.74) is 2.32. The number of halogens is 2. The highest BCUT2D eigenvalue weighted by molar-refractivity contribution is 6.47. The number of ketones is 2. The molecule has 0 saturated heterocycles. The van der Waals surface area contributed by atoms with E-state index in [9.17, 15) is 0 Å². The Morgan fingerprint density at radius 2 is 0.688 bits per heavy atom. The highest BCUT2D eigenvalue weighted by Gasteiger charge is 2.72. The van der Waals surface area contributed by atoms with Crippen LogP contribution >= 0.6 is 23.2 Å². The summed E-state index contributed by atoms with van der Waals surface area (Å²) in [7, 11) is 0. The van der Waals surface area contributed by atoms with Crippen LogP contribution in [0.1, 0.15) is 43.0 Å². The third-order valence-corrected chi connectivity index (χ3v) is 9.86. The third kappa shape index (κ3) is 4.30. The van der Waals surface area contributed by atoms with Crippen LogP contribution in [-0.2, 0) is 10.8 Å². The van der Waals surface area contributed by atoms with E-state index in [1.807, 2.05) is 133 Å². The summed E-state index contributed by atoms with van der Waals surface area (Å²) in [5.74, 6) is -0.461. The van der Waals surface area contributed by atoms with Crippen LogP contribution in [-0.4, -0.2) is 23.0 Å². The minimum absolute atomic E-state index is 0.231. The maximum absolute atomic E-state index is 15.8. The van der Waals surface area contributed by atoms with Crippen LogP contribution in [0.25, 0.3) is 0 Å². The molecule has 0 aliphatic heterocycles. The van der Waals surface area contributed by atoms with Gasteiger partial charge < -0.3 is 0 Å². The molecule has 4 nitrogen and oxygen atoms in total. The van der Waals surface area contributed by atoms with Crippen LogP contribution in [0.2, 0.25) is 10.0 Å². The fourth-order valence-electron chi connectivity index (χ4n) is 7.42. The lowest BCUT2D eigenvalue weighted by Crippen LogP contribution is -2.62. The number of nitrogens with zero attached hydrogens (tertiary/aromatic N) is 2. The Morgan fingerprint density at radius 1 is 0.375 bits per heavy atom. The van der Waals surface area contributed by atoms with Gasteiger partial charge in [0, 0.05) is 32.3 Å². The van der Waals surface area contributed by atoms with Gasteiger partial charge in [0.25, 0.3) is 0 Å². The molecule has 0 spiro atoms. The maximum Gasteiger partial charge on any atom is 0.181 e. The number of rotatable bonds is 5. The molecule has 6 aromatic rings. The average molecular weight is 662 g/mol. The summed E-state index contributed by atoms with van der Waals surface area (Å²) in [4.78, 5) is 42.1. The summed E-state index contributed by atoms with van der Waals surface area (Å²) >= 11 is 12.6. The number of fused-ring (bicyclic) bond motifs is 2. The van der Waals surface area contributed by atoms with Crippen LogP contribution in [0.15, 0.2) is 168 Å². The van der Waals surface area contributed by atoms with Crippen molar-refractivity contribution in [3.8, 4) is 0 Å². The molecular weight excluding hydrogens is 635 g/mol. The molecule has 2 atom stereocenters. The molecule has 6 aromatic carbocycles. The van der Waals surface area contributed by atoms with E-state index in [0.29, 0.717) is 66.2 Å². The molecule has 0 fully saturated rings. The van der Waals surface area contributed by atoms with Crippen molar-refractivity contribution >= 4 is 57.6 Å². The first kappa shape index (κ1) is 29.9. The third-order valence-electron chi connectivity index (χ3n) is 9.36. The van der Waals surface area contributed by atoms with E-state index < -0.39 is 10.8 Å². The fourth-order valence-corrected chi connectivity index (χ4v) is 7.67. The van der Waals surface area contributed by atoms with Crippen LogP contribution < -0.4 is 0 Å². The molecule has 2 aliphatic rings. The molecular formula is C42H26Cl2N2O2. The molecule has 48 heavy (non-hydrogen) atoms. The molecule has 0 radical (unpaired) electrons. The quantitative estimate of drug-likeness (QED) is 0.185. The lowest BCUT2D eigenvalue weighted by atomic mass is 9.51. The Balaban J connectivity index is 1.60. The second-order valence-electron chi connectivity index (χ2n) is 11.9. The van der Waals surface area contributed by atoms with Crippen molar-refractivity contribution in [2.75, 3.05) is 0 Å². The van der Waals surface area contributed by atoms with Crippen molar-refractivity contribution in [1.82, 2.24) is 0 Å². The molecule has 0 N–H and O–H groups in total. The van der Waals surface area contributed by atoms with Gasteiger partial charge in [-0.15, -0.1) is 0 Å². The lowest BCUT2D eigenvalue weighted by Gasteiger charge is -2.45. The Labute approximate surface area is 288 Å². The molecule has 230 valence electrons. The van der Waals surface area contributed by atoms with Crippen molar-refractivity contribution in [3.63, 3.8) is 0 Å². The predicted molar refractivity (Wildman–Crippen MR) is 193 cm³/mol. The Kier molecular flexibility index (Phi) is 7.28. The van der Waals surface area contributed by atoms with Gasteiger partial charge in [0.2, 0.25) is 0 Å². The molecule has 2 unspecified atom stereocenters. The first-order valence-corrected chi connectivity index (χ1v) is 16.3. The van der Waals surface area contributed by atoms with Gasteiger partial charge in [0.15, 0.2) is 11.6 Å². The second-order valence-corrected chi connectivity index (χ2v) is 12.7. The monoisotopic (exact) mass is 660 g/mol. The largest absolute Gasteiger partial charge is 0.293 e. The number of carbonyl (C=O) groups excluding carboxylic acids is 2. The highest BCUT2D eigenvalue weighted by atomic mass is 35.5. The number of hydrogen-bond acceptors (Lipinski definition) is 4. The first-order chi connectivity index (χ1) is 23.5. The molecule has 0 aromatic heterocycles. The van der Waals surface area contributed by atoms with Gasteiger partial charge in [-0.05, 0) is 59.7 Å². The lowest BCUT2D eigenvalue weighted by molar-refractivity contribution is 0.0805. The standard InChI is InChI=1S/C42H26Cl2N2O2/c43-29-19-23-31(24-20-29)45-37-33-15-7-9-17-35(33)39(47)41(37,27-11-3-1-4-12-27)42(28-13-5-2-6-14-28)38(46-32-25-21-30(44)22-26-32)34-16-8-10-18-36(34)40(42)48/h1-26H. The highest BCUT2D eigenvalue weighted by Crippen LogP contribution is 2.59. The van der Waals surface area contributed by atoms with Crippen molar-refractivity contribution < 1.29 is 9.59 Å². The Morgan fingerprint density at radius 3 is 1.04 bits per heavy atom. The molecule has 0 amide bonds. The smallest absolute Gasteiger partial charge is 0.181 e. The van der Waals surface area contributed by atoms with Gasteiger partial charge >= 0.3 is 0 Å². The van der Waals surface area contributed by atoms with Crippen LogP contribution in [0, 0.1) is 0 Å². The van der Waals surface area contributed by atoms with Gasteiger partial charge in [-0.3, -0.25) is 19.6 Å². The summed E-state index contributed by atoms with van der Waals surface area (Å²) in [6, 6.07) is 48.4. The van der Waals surface area contributed by atoms with E-state index in [1.165, 1.54) is 0 Å². The van der Waals surface area contributed by atoms with Crippen molar-refractivity contribution in [1.29, 1.82) is 0 Å². The van der Waals surface area contributed by atoms with Gasteiger partial charge in [0.05, 0.1) is 22.8 Å². The maximum atomic E-state index is 15.8. The molecule has 0 bridgehead atoms. The molecule has 8 rings (SSSR count). The topological polar surface area (TPSA) is 58.9 Å². The number of benzene rings is 6. The number of Topliss-reactive ketones (excluding diaryl/α,β-unsaturated/α-hetero) is 2.